The maximum Gasteiger partial charge on any atom is 0.134 e. The summed E-state index contributed by atoms with van der Waals surface area (Å²) in [4.78, 5) is 15.0. The third-order valence-electron chi connectivity index (χ3n) is 1.89. The van der Waals surface area contributed by atoms with Crippen LogP contribution in [0.15, 0.2) is 29.4 Å². The number of thiocarbonyl (C=S) groups is 1. The summed E-state index contributed by atoms with van der Waals surface area (Å²) in [7, 11) is 3.39. The highest BCUT2D eigenvalue weighted by Crippen LogP contribution is 2.28. The van der Waals surface area contributed by atoms with Crippen LogP contribution in [0.25, 0.3) is 0 Å². The predicted molar refractivity (Wildman–Crippen MR) is 94.4 cm³/mol. The van der Waals surface area contributed by atoms with Gasteiger partial charge in [-0.3, -0.25) is 0 Å². The maximum absolute atomic E-state index is 10.8. The summed E-state index contributed by atoms with van der Waals surface area (Å²) >= 11 is 10.1. The minimum absolute atomic E-state index is 0.154. The van der Waals surface area contributed by atoms with E-state index < -0.39 is 0 Å². The molecule has 0 aliphatic carbocycles. The molecule has 1 heterocycles. The molecule has 8 heteroatoms. The van der Waals surface area contributed by atoms with E-state index in [0.29, 0.717) is 10.1 Å². The number of hydrogen-bond donors (Lipinski definition) is 2. The second-order valence-electron chi connectivity index (χ2n) is 3.34. The van der Waals surface area contributed by atoms with E-state index in [-0.39, 0.29) is 5.25 Å². The van der Waals surface area contributed by atoms with Crippen molar-refractivity contribution in [1.82, 2.24) is 10.3 Å². The van der Waals surface area contributed by atoms with Gasteiger partial charge in [0.15, 0.2) is 0 Å². The van der Waals surface area contributed by atoms with Gasteiger partial charge in [0.05, 0.1) is 5.25 Å². The second-order valence-corrected chi connectivity index (χ2v) is 8.74. The molecule has 3 nitrogen and oxygen atoms in total. The Morgan fingerprint density at radius 2 is 2.42 bits per heavy atom. The Balaban J connectivity index is 2.04. The van der Waals surface area contributed by atoms with E-state index in [9.17, 15) is 4.79 Å². The number of thioether (sulfide) groups is 1. The second kappa shape index (κ2) is 11.0. The number of aromatic nitrogens is 1. The van der Waals surface area contributed by atoms with E-state index in [4.69, 9.17) is 12.2 Å². The highest BCUT2D eigenvalue weighted by molar-refractivity contribution is 8.76. The lowest BCUT2D eigenvalue weighted by atomic mass is 10.4. The van der Waals surface area contributed by atoms with Gasteiger partial charge >= 0.3 is 0 Å². The Morgan fingerprint density at radius 3 is 3.05 bits per heavy atom. The third-order valence-corrected chi connectivity index (χ3v) is 5.55. The monoisotopic (exact) mass is 350 g/mol. The van der Waals surface area contributed by atoms with Gasteiger partial charge in [-0.25, -0.2) is 4.98 Å². The zero-order valence-electron chi connectivity index (χ0n) is 10.0. The fraction of sp³-hybridized carbons (Fsp3) is 0.364. The van der Waals surface area contributed by atoms with Crippen LogP contribution >= 0.6 is 58.2 Å². The predicted octanol–water partition coefficient (Wildman–Crippen LogP) is 2.93. The van der Waals surface area contributed by atoms with Gasteiger partial charge in [-0.15, -0.1) is 12.6 Å². The van der Waals surface area contributed by atoms with Gasteiger partial charge in [0.25, 0.3) is 0 Å². The van der Waals surface area contributed by atoms with Gasteiger partial charge in [-0.2, -0.15) is 0 Å². The van der Waals surface area contributed by atoms with Gasteiger partial charge in [0.1, 0.15) is 14.8 Å². The molecule has 0 aromatic carbocycles. The molecule has 1 aromatic heterocycles. The van der Waals surface area contributed by atoms with Gasteiger partial charge in [-0.1, -0.05) is 40.8 Å². The average molecular weight is 351 g/mol. The van der Waals surface area contributed by atoms with Gasteiger partial charge < -0.3 is 10.1 Å². The number of hydrogen-bond acceptors (Lipinski definition) is 7. The lowest BCUT2D eigenvalue weighted by Crippen LogP contribution is -2.27. The molecule has 0 aliphatic heterocycles. The van der Waals surface area contributed by atoms with Crippen LogP contribution in [0.5, 0.6) is 0 Å². The first kappa shape index (κ1) is 17.3. The summed E-state index contributed by atoms with van der Waals surface area (Å²) in [5.74, 6) is 0.947. The smallest absolute Gasteiger partial charge is 0.134 e. The molecule has 1 unspecified atom stereocenters. The van der Waals surface area contributed by atoms with Crippen LogP contribution < -0.4 is 5.32 Å². The van der Waals surface area contributed by atoms with E-state index in [1.165, 1.54) is 11.8 Å². The minimum atomic E-state index is -0.154. The van der Waals surface area contributed by atoms with Gasteiger partial charge in [0, 0.05) is 25.0 Å². The number of carbonyl (C=O) groups excluding carboxylic acids is 1. The van der Waals surface area contributed by atoms with Crippen LogP contribution in [0.4, 0.5) is 0 Å². The van der Waals surface area contributed by atoms with Gasteiger partial charge in [0.2, 0.25) is 0 Å². The number of thiol groups is 1. The van der Waals surface area contributed by atoms with Crippen molar-refractivity contribution in [2.75, 3.05) is 18.8 Å². The van der Waals surface area contributed by atoms with Crippen molar-refractivity contribution in [2.45, 2.75) is 10.3 Å². The molecule has 0 spiro atoms. The molecule has 0 radical (unpaired) electrons. The molecule has 0 aliphatic rings. The largest absolute Gasteiger partial charge is 0.314 e. The zero-order valence-corrected chi connectivity index (χ0v) is 14.2. The van der Waals surface area contributed by atoms with Crippen molar-refractivity contribution in [2.24, 2.45) is 0 Å². The minimum Gasteiger partial charge on any atom is -0.314 e. The molecule has 104 valence electrons. The van der Waals surface area contributed by atoms with Crippen LogP contribution in [0.2, 0.25) is 0 Å². The summed E-state index contributed by atoms with van der Waals surface area (Å²) in [6, 6.07) is 5.86. The molecule has 0 saturated carbocycles. The molecular formula is C11H14N2OS5. The molecule has 19 heavy (non-hydrogen) atoms. The highest BCUT2D eigenvalue weighted by atomic mass is 33.1. The van der Waals surface area contributed by atoms with Gasteiger partial charge in [-0.05, 0) is 22.9 Å². The highest BCUT2D eigenvalue weighted by Gasteiger charge is 2.08. The topological polar surface area (TPSA) is 42.0 Å². The lowest BCUT2D eigenvalue weighted by Gasteiger charge is -2.09. The first-order chi connectivity index (χ1) is 9.22. The van der Waals surface area contributed by atoms with Crippen LogP contribution in [0.3, 0.4) is 0 Å². The Kier molecular flexibility index (Phi) is 10.0. The molecular weight excluding hydrogens is 336 g/mol. The Bertz CT molecular complexity index is 390. The molecule has 1 N–H and O–H groups in total. The summed E-state index contributed by atoms with van der Waals surface area (Å²) in [6.07, 6.45) is 2.68. The summed E-state index contributed by atoms with van der Waals surface area (Å²) < 4.78 is 0.499. The molecule has 0 fully saturated rings. The fourth-order valence-electron chi connectivity index (χ4n) is 1.10. The van der Waals surface area contributed by atoms with Crippen LogP contribution in [0, 0.1) is 0 Å². The Morgan fingerprint density at radius 1 is 1.58 bits per heavy atom. The lowest BCUT2D eigenvalue weighted by molar-refractivity contribution is -0.107. The molecule has 0 saturated heterocycles. The number of aldehydes is 1. The molecule has 1 rings (SSSR count). The van der Waals surface area contributed by atoms with E-state index >= 15 is 0 Å². The summed E-state index contributed by atoms with van der Waals surface area (Å²) in [5, 5.41) is 4.08. The summed E-state index contributed by atoms with van der Waals surface area (Å²) in [6.45, 7) is 1.46. The van der Waals surface area contributed by atoms with Crippen molar-refractivity contribution in [3.05, 3.63) is 24.4 Å². The maximum atomic E-state index is 10.8. The first-order valence-corrected chi connectivity index (χ1v) is 9.54. The number of pyridine rings is 1. The number of nitrogens with zero attached hydrogens (tertiary/aromatic N) is 1. The normalized spacial score (nSPS) is 12.1. The van der Waals surface area contributed by atoms with Crippen molar-refractivity contribution in [3.8, 4) is 0 Å². The fourth-order valence-corrected chi connectivity index (χ4v) is 4.22. The van der Waals surface area contributed by atoms with Crippen molar-refractivity contribution >= 4 is 68.0 Å². The Hall–Kier alpha value is 0.270. The summed E-state index contributed by atoms with van der Waals surface area (Å²) in [5.41, 5.74) is 0. The first-order valence-electron chi connectivity index (χ1n) is 5.48. The molecule has 1 atom stereocenters. The quantitative estimate of drug-likeness (QED) is 0.233. The van der Waals surface area contributed by atoms with Crippen molar-refractivity contribution < 1.29 is 4.79 Å². The zero-order chi connectivity index (χ0) is 13.9. The average Bonchev–Trinajstić information content (AvgIpc) is 2.42. The van der Waals surface area contributed by atoms with Crippen LogP contribution in [-0.4, -0.2) is 38.9 Å². The standard InChI is InChI=1S/C11H14N2OS5/c14-8-9(18-11(15)16)7-12-5-6-17-19-10-3-1-2-4-13-10/h1-4,8-9,12H,5-7H2,(H,15,16). The molecule has 0 amide bonds. The van der Waals surface area contributed by atoms with Crippen molar-refractivity contribution in [1.29, 1.82) is 0 Å². The van der Waals surface area contributed by atoms with E-state index in [1.807, 2.05) is 18.2 Å². The SMILES string of the molecule is O=CC(CNCCSSc1ccccn1)SC(=S)S. The number of carbonyl (C=O) groups is 1. The van der Waals surface area contributed by atoms with Crippen LogP contribution in [0.1, 0.15) is 0 Å². The van der Waals surface area contributed by atoms with E-state index in [1.54, 1.807) is 27.8 Å². The molecule has 1 aromatic rings. The third kappa shape index (κ3) is 8.93. The van der Waals surface area contributed by atoms with E-state index in [2.05, 4.69) is 22.9 Å². The number of nitrogens with one attached hydrogen (secondary N) is 1. The molecule has 0 bridgehead atoms. The van der Waals surface area contributed by atoms with E-state index in [0.717, 1.165) is 23.6 Å². The Labute approximate surface area is 136 Å². The van der Waals surface area contributed by atoms with Crippen molar-refractivity contribution in [3.63, 3.8) is 0 Å². The van der Waals surface area contributed by atoms with Crippen LogP contribution in [-0.2, 0) is 4.79 Å². The number of rotatable bonds is 9.